The van der Waals surface area contributed by atoms with Crippen LogP contribution in [0, 0.1) is 17.0 Å². The minimum absolute atomic E-state index is 0.0514. The largest absolute Gasteiger partial charge is 0.452 e. The highest BCUT2D eigenvalue weighted by atomic mass is 19.1. The Labute approximate surface area is 221 Å². The van der Waals surface area contributed by atoms with E-state index in [1.54, 1.807) is 35.4 Å². The Morgan fingerprint density at radius 2 is 1.64 bits per heavy atom. The second-order valence-corrected chi connectivity index (χ2v) is 9.42. The van der Waals surface area contributed by atoms with Gasteiger partial charge < -0.3 is 19.9 Å². The van der Waals surface area contributed by atoms with Crippen molar-refractivity contribution in [2.75, 3.05) is 10.6 Å². The molecule has 0 radical (unpaired) electrons. The van der Waals surface area contributed by atoms with Crippen molar-refractivity contribution >= 4 is 28.7 Å². The van der Waals surface area contributed by atoms with E-state index < -0.39 is 28.9 Å². The second kappa shape index (κ2) is 9.35. The van der Waals surface area contributed by atoms with Gasteiger partial charge in [0.2, 0.25) is 11.8 Å². The average Bonchev–Trinajstić information content (AvgIpc) is 3.40. The zero-order chi connectivity index (χ0) is 27.1. The molecule has 0 atom stereocenters. The molecular formula is C28H22F2N6O3. The molecule has 1 saturated carbocycles. The minimum atomic E-state index is -1.26. The fourth-order valence-corrected chi connectivity index (χ4v) is 4.28. The van der Waals surface area contributed by atoms with Gasteiger partial charge >= 0.3 is 0 Å². The van der Waals surface area contributed by atoms with Crippen molar-refractivity contribution < 1.29 is 23.1 Å². The number of imidazole rings is 1. The SMILES string of the molecule is Cn1cnc(-c2cc(Oc3ccc(NC(=O)C4(C(=O)Nc5ccc(F)cc5)CC4)cc3F)c3ccnn3c2)c1. The summed E-state index contributed by atoms with van der Waals surface area (Å²) >= 11 is 0. The zero-order valence-electron chi connectivity index (χ0n) is 20.7. The molecule has 11 heteroatoms. The van der Waals surface area contributed by atoms with Crippen LogP contribution in [0.3, 0.4) is 0 Å². The Balaban J connectivity index is 1.19. The summed E-state index contributed by atoms with van der Waals surface area (Å²) in [6.45, 7) is 0. The van der Waals surface area contributed by atoms with E-state index in [4.69, 9.17) is 4.74 Å². The van der Waals surface area contributed by atoms with Crippen LogP contribution in [0.1, 0.15) is 12.8 Å². The molecule has 0 bridgehead atoms. The maximum atomic E-state index is 15.1. The predicted molar refractivity (Wildman–Crippen MR) is 139 cm³/mol. The molecule has 1 aliphatic rings. The van der Waals surface area contributed by atoms with Gasteiger partial charge in [-0.05, 0) is 61.4 Å². The number of aryl methyl sites for hydroxylation is 1. The molecule has 196 valence electrons. The number of ether oxygens (including phenoxy) is 1. The molecule has 9 nitrogen and oxygen atoms in total. The van der Waals surface area contributed by atoms with Crippen LogP contribution in [-0.4, -0.2) is 31.0 Å². The highest BCUT2D eigenvalue weighted by Crippen LogP contribution is 2.47. The Hall–Kier alpha value is -5.06. The number of rotatable bonds is 7. The molecule has 5 aromatic rings. The van der Waals surface area contributed by atoms with Crippen LogP contribution in [0.25, 0.3) is 16.8 Å². The highest BCUT2D eigenvalue weighted by molar-refractivity contribution is 6.16. The van der Waals surface area contributed by atoms with Crippen LogP contribution in [-0.2, 0) is 16.6 Å². The van der Waals surface area contributed by atoms with Crippen LogP contribution in [0.4, 0.5) is 20.2 Å². The summed E-state index contributed by atoms with van der Waals surface area (Å²) in [5.74, 6) is -1.85. The lowest BCUT2D eigenvalue weighted by Gasteiger charge is -2.16. The number of carbonyl (C=O) groups is 2. The lowest BCUT2D eigenvalue weighted by molar-refractivity contribution is -0.131. The van der Waals surface area contributed by atoms with Gasteiger partial charge in [0.15, 0.2) is 17.3 Å². The standard InChI is InChI=1S/C28H22F2N6O3/c1-35-15-22(31-16-35)17-12-25(23-8-11-32-36(23)14-17)39-24-7-6-20(13-21(24)30)34-27(38)28(9-10-28)26(37)33-19-4-2-18(29)3-5-19/h2-8,11-16H,9-10H2,1H3,(H,33,37)(H,34,38). The molecule has 0 saturated heterocycles. The van der Waals surface area contributed by atoms with Crippen molar-refractivity contribution in [1.29, 1.82) is 0 Å². The zero-order valence-corrected chi connectivity index (χ0v) is 20.7. The molecule has 0 aliphatic heterocycles. The molecule has 6 rings (SSSR count). The quantitative estimate of drug-likeness (QED) is 0.284. The summed E-state index contributed by atoms with van der Waals surface area (Å²) in [5.41, 5.74) is 1.37. The number of nitrogens with zero attached hydrogens (tertiary/aromatic N) is 4. The third-order valence-corrected chi connectivity index (χ3v) is 6.60. The lowest BCUT2D eigenvalue weighted by atomic mass is 10.0. The topological polar surface area (TPSA) is 103 Å². The van der Waals surface area contributed by atoms with Crippen molar-refractivity contribution in [2.24, 2.45) is 12.5 Å². The molecule has 39 heavy (non-hydrogen) atoms. The number of carbonyl (C=O) groups excluding carboxylic acids is 2. The molecule has 2 aromatic carbocycles. The van der Waals surface area contributed by atoms with E-state index in [0.717, 1.165) is 11.6 Å². The summed E-state index contributed by atoms with van der Waals surface area (Å²) in [6, 6.07) is 12.8. The number of nitrogens with one attached hydrogen (secondary N) is 2. The second-order valence-electron chi connectivity index (χ2n) is 9.42. The van der Waals surface area contributed by atoms with Gasteiger partial charge in [0.25, 0.3) is 0 Å². The smallest absolute Gasteiger partial charge is 0.240 e. The van der Waals surface area contributed by atoms with E-state index >= 15 is 4.39 Å². The number of hydrogen-bond acceptors (Lipinski definition) is 5. The molecule has 1 aliphatic carbocycles. The predicted octanol–water partition coefficient (Wildman–Crippen LogP) is 5.16. The Morgan fingerprint density at radius 3 is 2.31 bits per heavy atom. The van der Waals surface area contributed by atoms with Gasteiger partial charge in [0.1, 0.15) is 16.7 Å². The molecule has 2 N–H and O–H groups in total. The third kappa shape index (κ3) is 4.70. The molecule has 0 spiro atoms. The van der Waals surface area contributed by atoms with Gasteiger partial charge in [-0.25, -0.2) is 18.3 Å². The number of pyridine rings is 1. The van der Waals surface area contributed by atoms with Crippen molar-refractivity contribution in [3.63, 3.8) is 0 Å². The minimum Gasteiger partial charge on any atom is -0.452 e. The average molecular weight is 529 g/mol. The Morgan fingerprint density at radius 1 is 0.923 bits per heavy atom. The number of anilines is 2. The van der Waals surface area contributed by atoms with Gasteiger partial charge in [-0.2, -0.15) is 5.10 Å². The van der Waals surface area contributed by atoms with Crippen molar-refractivity contribution in [3.05, 3.63) is 91.1 Å². The first-order chi connectivity index (χ1) is 18.8. The molecule has 3 aromatic heterocycles. The maximum absolute atomic E-state index is 15.1. The number of benzene rings is 2. The van der Waals surface area contributed by atoms with Gasteiger partial charge in [-0.1, -0.05) is 0 Å². The maximum Gasteiger partial charge on any atom is 0.240 e. The Kier molecular flexibility index (Phi) is 5.82. The highest BCUT2D eigenvalue weighted by Gasteiger charge is 2.56. The van der Waals surface area contributed by atoms with E-state index in [1.807, 2.05) is 17.8 Å². The van der Waals surface area contributed by atoms with E-state index in [0.29, 0.717) is 35.5 Å². The van der Waals surface area contributed by atoms with E-state index in [9.17, 15) is 14.0 Å². The Bertz CT molecular complexity index is 1720. The van der Waals surface area contributed by atoms with Crippen molar-refractivity contribution in [1.82, 2.24) is 19.2 Å². The first-order valence-electron chi connectivity index (χ1n) is 12.1. The van der Waals surface area contributed by atoms with Crippen LogP contribution >= 0.6 is 0 Å². The summed E-state index contributed by atoms with van der Waals surface area (Å²) in [7, 11) is 1.86. The lowest BCUT2D eigenvalue weighted by Crippen LogP contribution is -2.35. The summed E-state index contributed by atoms with van der Waals surface area (Å²) in [4.78, 5) is 30.1. The summed E-state index contributed by atoms with van der Waals surface area (Å²) < 4.78 is 37.6. The van der Waals surface area contributed by atoms with Crippen LogP contribution in [0.15, 0.2) is 79.5 Å². The molecule has 1 fully saturated rings. The first kappa shape index (κ1) is 24.3. The third-order valence-electron chi connectivity index (χ3n) is 6.60. The van der Waals surface area contributed by atoms with E-state index in [1.165, 1.54) is 36.4 Å². The van der Waals surface area contributed by atoms with E-state index in [2.05, 4.69) is 20.7 Å². The number of fused-ring (bicyclic) bond motifs is 1. The normalized spacial score (nSPS) is 13.7. The fraction of sp³-hybridized carbons (Fsp3) is 0.143. The molecule has 3 heterocycles. The molecule has 0 unspecified atom stereocenters. The fourth-order valence-electron chi connectivity index (χ4n) is 4.28. The van der Waals surface area contributed by atoms with Gasteiger partial charge in [0.05, 0.1) is 18.2 Å². The van der Waals surface area contributed by atoms with E-state index in [-0.39, 0.29) is 11.4 Å². The first-order valence-corrected chi connectivity index (χ1v) is 12.1. The van der Waals surface area contributed by atoms with Gasteiger partial charge in [-0.3, -0.25) is 9.59 Å². The number of hydrogen-bond donors (Lipinski definition) is 2. The summed E-state index contributed by atoms with van der Waals surface area (Å²) in [5, 5.41) is 9.54. The number of aromatic nitrogens is 4. The molecular weight excluding hydrogens is 506 g/mol. The number of halogens is 2. The monoisotopic (exact) mass is 528 g/mol. The van der Waals surface area contributed by atoms with Crippen LogP contribution in [0.2, 0.25) is 0 Å². The summed E-state index contributed by atoms with van der Waals surface area (Å²) in [6.07, 6.45) is 7.64. The number of amides is 2. The molecule has 2 amide bonds. The van der Waals surface area contributed by atoms with Gasteiger partial charge in [0, 0.05) is 42.4 Å². The van der Waals surface area contributed by atoms with Crippen LogP contribution < -0.4 is 15.4 Å². The van der Waals surface area contributed by atoms with Crippen molar-refractivity contribution in [3.8, 4) is 22.8 Å². The van der Waals surface area contributed by atoms with Crippen LogP contribution in [0.5, 0.6) is 11.5 Å². The van der Waals surface area contributed by atoms with Crippen molar-refractivity contribution in [2.45, 2.75) is 12.8 Å². The van der Waals surface area contributed by atoms with Gasteiger partial charge in [-0.15, -0.1) is 0 Å².